The van der Waals surface area contributed by atoms with Crippen LogP contribution >= 0.6 is 0 Å². The van der Waals surface area contributed by atoms with E-state index in [9.17, 15) is 4.79 Å². The van der Waals surface area contributed by atoms with E-state index in [2.05, 4.69) is 35.9 Å². The molecule has 0 aromatic heterocycles. The predicted octanol–water partition coefficient (Wildman–Crippen LogP) is 2.50. The zero-order valence-electron chi connectivity index (χ0n) is 11.5. The second-order valence-corrected chi connectivity index (χ2v) is 5.93. The summed E-state index contributed by atoms with van der Waals surface area (Å²) in [5.41, 5.74) is 3.57. The fourth-order valence-electron chi connectivity index (χ4n) is 3.40. The number of hydrogen-bond donors (Lipinski definition) is 2. The van der Waals surface area contributed by atoms with Crippen LogP contribution in [-0.2, 0) is 17.6 Å². The van der Waals surface area contributed by atoms with E-state index in [1.165, 1.54) is 36.8 Å². The van der Waals surface area contributed by atoms with Gasteiger partial charge in [0.2, 0.25) is 5.91 Å². The molecule has 1 aromatic carbocycles. The van der Waals surface area contributed by atoms with Crippen molar-refractivity contribution in [3.63, 3.8) is 0 Å². The Balaban J connectivity index is 1.62. The maximum atomic E-state index is 11.4. The first-order chi connectivity index (χ1) is 9.24. The first kappa shape index (κ1) is 12.7. The highest BCUT2D eigenvalue weighted by Gasteiger charge is 2.22. The van der Waals surface area contributed by atoms with Crippen LogP contribution in [0.3, 0.4) is 0 Å². The Bertz CT molecular complexity index is 476. The Morgan fingerprint density at radius 1 is 1.26 bits per heavy atom. The zero-order chi connectivity index (χ0) is 13.2. The minimum Gasteiger partial charge on any atom is -0.326 e. The molecule has 0 unspecified atom stereocenters. The number of carbonyl (C=O) groups excluding carboxylic acids is 1. The quantitative estimate of drug-likeness (QED) is 0.874. The van der Waals surface area contributed by atoms with Crippen LogP contribution in [0.15, 0.2) is 18.2 Å². The van der Waals surface area contributed by atoms with Crippen molar-refractivity contribution in [3.8, 4) is 0 Å². The van der Waals surface area contributed by atoms with Gasteiger partial charge in [0.1, 0.15) is 0 Å². The SMILES string of the molecule is CNC1CCC(Cc2ccc3c(c2)CC(=O)N3)CC1. The van der Waals surface area contributed by atoms with Gasteiger partial charge >= 0.3 is 0 Å². The van der Waals surface area contributed by atoms with Gasteiger partial charge in [0.05, 0.1) is 6.42 Å². The van der Waals surface area contributed by atoms with Gasteiger partial charge in [-0.15, -0.1) is 0 Å². The van der Waals surface area contributed by atoms with E-state index in [0.29, 0.717) is 6.42 Å². The summed E-state index contributed by atoms with van der Waals surface area (Å²) < 4.78 is 0. The molecule has 3 heteroatoms. The van der Waals surface area contributed by atoms with E-state index in [4.69, 9.17) is 0 Å². The lowest BCUT2D eigenvalue weighted by Gasteiger charge is -2.28. The van der Waals surface area contributed by atoms with E-state index in [1.54, 1.807) is 0 Å². The molecule has 0 saturated heterocycles. The third-order valence-electron chi connectivity index (χ3n) is 4.57. The molecule has 102 valence electrons. The van der Waals surface area contributed by atoms with Gasteiger partial charge in [0.25, 0.3) is 0 Å². The maximum absolute atomic E-state index is 11.4. The Hall–Kier alpha value is -1.35. The lowest BCUT2D eigenvalue weighted by Crippen LogP contribution is -2.30. The van der Waals surface area contributed by atoms with E-state index < -0.39 is 0 Å². The van der Waals surface area contributed by atoms with E-state index in [1.807, 2.05) is 0 Å². The number of rotatable bonds is 3. The minimum absolute atomic E-state index is 0.127. The van der Waals surface area contributed by atoms with Gasteiger partial charge in [0, 0.05) is 11.7 Å². The van der Waals surface area contributed by atoms with Gasteiger partial charge in [-0.05, 0) is 62.3 Å². The Morgan fingerprint density at radius 2 is 2.05 bits per heavy atom. The molecule has 19 heavy (non-hydrogen) atoms. The van der Waals surface area contributed by atoms with Crippen molar-refractivity contribution >= 4 is 11.6 Å². The lowest BCUT2D eigenvalue weighted by atomic mass is 9.82. The average Bonchev–Trinajstić information content (AvgIpc) is 2.79. The molecule has 1 aromatic rings. The van der Waals surface area contributed by atoms with Crippen LogP contribution in [0, 0.1) is 5.92 Å². The molecule has 1 heterocycles. The summed E-state index contributed by atoms with van der Waals surface area (Å²) in [6, 6.07) is 7.18. The smallest absolute Gasteiger partial charge is 0.228 e. The molecule has 0 spiro atoms. The van der Waals surface area contributed by atoms with Gasteiger partial charge in [-0.1, -0.05) is 12.1 Å². The van der Waals surface area contributed by atoms with Crippen LogP contribution in [-0.4, -0.2) is 19.0 Å². The third-order valence-corrected chi connectivity index (χ3v) is 4.57. The topological polar surface area (TPSA) is 41.1 Å². The fourth-order valence-corrected chi connectivity index (χ4v) is 3.40. The second kappa shape index (κ2) is 5.33. The van der Waals surface area contributed by atoms with Gasteiger partial charge < -0.3 is 10.6 Å². The number of anilines is 1. The average molecular weight is 258 g/mol. The van der Waals surface area contributed by atoms with Crippen LogP contribution in [0.1, 0.15) is 36.8 Å². The predicted molar refractivity (Wildman–Crippen MR) is 77.3 cm³/mol. The number of amides is 1. The normalized spacial score (nSPS) is 26.1. The Morgan fingerprint density at radius 3 is 2.79 bits per heavy atom. The van der Waals surface area contributed by atoms with E-state index >= 15 is 0 Å². The van der Waals surface area contributed by atoms with Crippen LogP contribution < -0.4 is 10.6 Å². The van der Waals surface area contributed by atoms with Crippen LogP contribution in [0.2, 0.25) is 0 Å². The number of hydrogen-bond acceptors (Lipinski definition) is 2. The molecular weight excluding hydrogens is 236 g/mol. The van der Waals surface area contributed by atoms with E-state index in [-0.39, 0.29) is 5.91 Å². The largest absolute Gasteiger partial charge is 0.326 e. The third kappa shape index (κ3) is 2.81. The molecule has 0 radical (unpaired) electrons. The molecule has 2 N–H and O–H groups in total. The molecule has 1 amide bonds. The van der Waals surface area contributed by atoms with Crippen molar-refractivity contribution in [1.82, 2.24) is 5.32 Å². The molecule has 0 atom stereocenters. The summed E-state index contributed by atoms with van der Waals surface area (Å²) in [7, 11) is 2.06. The van der Waals surface area contributed by atoms with Gasteiger partial charge in [-0.3, -0.25) is 4.79 Å². The van der Waals surface area contributed by atoms with Crippen molar-refractivity contribution in [2.75, 3.05) is 12.4 Å². The van der Waals surface area contributed by atoms with Crippen molar-refractivity contribution in [2.45, 2.75) is 44.6 Å². The van der Waals surface area contributed by atoms with Gasteiger partial charge in [0.15, 0.2) is 0 Å². The van der Waals surface area contributed by atoms with Gasteiger partial charge in [-0.25, -0.2) is 0 Å². The Labute approximate surface area is 114 Å². The number of carbonyl (C=O) groups is 1. The molecule has 1 fully saturated rings. The molecule has 3 rings (SSSR count). The molecule has 1 aliphatic carbocycles. The first-order valence-electron chi connectivity index (χ1n) is 7.33. The zero-order valence-corrected chi connectivity index (χ0v) is 11.5. The lowest BCUT2D eigenvalue weighted by molar-refractivity contribution is -0.115. The van der Waals surface area contributed by atoms with E-state index in [0.717, 1.165) is 24.1 Å². The van der Waals surface area contributed by atoms with Gasteiger partial charge in [-0.2, -0.15) is 0 Å². The molecule has 2 aliphatic rings. The van der Waals surface area contributed by atoms with Crippen LogP contribution in [0.4, 0.5) is 5.69 Å². The molecule has 1 saturated carbocycles. The standard InChI is InChI=1S/C16H22N2O/c1-17-14-5-2-11(3-6-14)8-12-4-7-15-13(9-12)10-16(19)18-15/h4,7,9,11,14,17H,2-3,5-6,8,10H2,1H3,(H,18,19). The Kier molecular flexibility index (Phi) is 3.56. The molecule has 0 bridgehead atoms. The second-order valence-electron chi connectivity index (χ2n) is 5.93. The summed E-state index contributed by atoms with van der Waals surface area (Å²) in [6.07, 6.45) is 6.95. The molecule has 1 aliphatic heterocycles. The number of fused-ring (bicyclic) bond motifs is 1. The minimum atomic E-state index is 0.127. The van der Waals surface area contributed by atoms with Crippen molar-refractivity contribution in [1.29, 1.82) is 0 Å². The van der Waals surface area contributed by atoms with Crippen molar-refractivity contribution in [2.24, 2.45) is 5.92 Å². The van der Waals surface area contributed by atoms with Crippen molar-refractivity contribution < 1.29 is 4.79 Å². The van der Waals surface area contributed by atoms with Crippen molar-refractivity contribution in [3.05, 3.63) is 29.3 Å². The summed E-state index contributed by atoms with van der Waals surface area (Å²) in [6.45, 7) is 0. The van der Waals surface area contributed by atoms with Crippen LogP contribution in [0.25, 0.3) is 0 Å². The first-order valence-corrected chi connectivity index (χ1v) is 7.33. The molecular formula is C16H22N2O. The highest BCUT2D eigenvalue weighted by molar-refractivity contribution is 5.99. The monoisotopic (exact) mass is 258 g/mol. The van der Waals surface area contributed by atoms with Crippen LogP contribution in [0.5, 0.6) is 0 Å². The summed E-state index contributed by atoms with van der Waals surface area (Å²) in [4.78, 5) is 11.4. The number of nitrogens with one attached hydrogen (secondary N) is 2. The number of benzene rings is 1. The maximum Gasteiger partial charge on any atom is 0.228 e. The fraction of sp³-hybridized carbons (Fsp3) is 0.562. The highest BCUT2D eigenvalue weighted by atomic mass is 16.1. The molecule has 3 nitrogen and oxygen atoms in total. The highest BCUT2D eigenvalue weighted by Crippen LogP contribution is 2.29. The summed E-state index contributed by atoms with van der Waals surface area (Å²) >= 11 is 0. The summed E-state index contributed by atoms with van der Waals surface area (Å²) in [5, 5.41) is 6.28. The summed E-state index contributed by atoms with van der Waals surface area (Å²) in [5.74, 6) is 0.939.